The number of nitrogens with zero attached hydrogens (tertiary/aromatic N) is 2. The summed E-state index contributed by atoms with van der Waals surface area (Å²) in [4.78, 5) is 19.4. The Hall–Kier alpha value is -2.10. The smallest absolute Gasteiger partial charge is 0.223 e. The van der Waals surface area contributed by atoms with Crippen LogP contribution in [0.1, 0.15) is 56.6 Å². The van der Waals surface area contributed by atoms with Crippen LogP contribution in [0.5, 0.6) is 0 Å². The molecule has 2 fully saturated rings. The number of nitrogens with one attached hydrogen (secondary N) is 1. The summed E-state index contributed by atoms with van der Waals surface area (Å²) < 4.78 is 0. The Morgan fingerprint density at radius 1 is 1.19 bits per heavy atom. The maximum absolute atomic E-state index is 12.0. The number of carbonyl (C=O) groups is 1. The van der Waals surface area contributed by atoms with E-state index in [1.54, 1.807) is 0 Å². The zero-order chi connectivity index (χ0) is 18.3. The lowest BCUT2D eigenvalue weighted by atomic mass is 9.97. The van der Waals surface area contributed by atoms with Gasteiger partial charge in [0.1, 0.15) is 5.82 Å². The Morgan fingerprint density at radius 3 is 2.58 bits per heavy atom. The largest absolute Gasteiger partial charge is 0.356 e. The number of pyridine rings is 1. The van der Waals surface area contributed by atoms with Crippen molar-refractivity contribution in [3.05, 3.63) is 35.4 Å². The fraction of sp³-hybridized carbons (Fsp3) is 0.545. The minimum Gasteiger partial charge on any atom is -0.356 e. The van der Waals surface area contributed by atoms with E-state index in [2.05, 4.69) is 55.3 Å². The minimum absolute atomic E-state index is 0.268. The first-order chi connectivity index (χ1) is 12.5. The Labute approximate surface area is 156 Å². The third-order valence-electron chi connectivity index (χ3n) is 5.80. The van der Waals surface area contributed by atoms with E-state index in [9.17, 15) is 4.79 Å². The zero-order valence-electron chi connectivity index (χ0n) is 16.1. The van der Waals surface area contributed by atoms with Gasteiger partial charge in [-0.2, -0.15) is 0 Å². The summed E-state index contributed by atoms with van der Waals surface area (Å²) in [6.07, 6.45) is 4.15. The molecule has 1 aliphatic carbocycles. The number of amides is 1. The summed E-state index contributed by atoms with van der Waals surface area (Å²) in [5.74, 6) is 2.11. The maximum atomic E-state index is 12.0. The standard InChI is InChI=1S/C22H29N3O/c1-14(2)18-5-4-6-19-15(3)13-20(24-21(18)19)25-11-9-17(10-12-25)23-22(26)16-7-8-16/h4-6,13-14,16-17H,7-12H2,1-3H3,(H,23,26). The third kappa shape index (κ3) is 3.42. The van der Waals surface area contributed by atoms with Gasteiger partial charge in [-0.1, -0.05) is 32.0 Å². The molecule has 1 saturated carbocycles. The molecule has 4 rings (SSSR count). The maximum Gasteiger partial charge on any atom is 0.223 e. The number of carbonyl (C=O) groups excluding carboxylic acids is 1. The molecule has 0 bridgehead atoms. The van der Waals surface area contributed by atoms with Crippen molar-refractivity contribution in [1.82, 2.24) is 10.3 Å². The van der Waals surface area contributed by atoms with Crippen molar-refractivity contribution < 1.29 is 4.79 Å². The van der Waals surface area contributed by atoms with Crippen LogP contribution in [0, 0.1) is 12.8 Å². The lowest BCUT2D eigenvalue weighted by Crippen LogP contribution is -2.45. The van der Waals surface area contributed by atoms with E-state index in [1.807, 2.05) is 0 Å². The number of rotatable bonds is 4. The molecule has 1 saturated heterocycles. The fourth-order valence-electron chi connectivity index (χ4n) is 3.97. The first kappa shape index (κ1) is 17.3. The molecule has 138 valence electrons. The molecule has 1 N–H and O–H groups in total. The zero-order valence-corrected chi connectivity index (χ0v) is 16.1. The van der Waals surface area contributed by atoms with Crippen LogP contribution in [0.15, 0.2) is 24.3 Å². The van der Waals surface area contributed by atoms with Crippen LogP contribution in [-0.4, -0.2) is 30.0 Å². The molecule has 0 spiro atoms. The molecule has 0 unspecified atom stereocenters. The lowest BCUT2D eigenvalue weighted by molar-refractivity contribution is -0.123. The molecule has 1 aliphatic heterocycles. The molecule has 1 aromatic heterocycles. The second-order valence-electron chi connectivity index (χ2n) is 8.24. The van der Waals surface area contributed by atoms with Crippen molar-refractivity contribution in [2.24, 2.45) is 5.92 Å². The highest BCUT2D eigenvalue weighted by atomic mass is 16.2. The van der Waals surface area contributed by atoms with E-state index in [4.69, 9.17) is 4.98 Å². The molecule has 0 atom stereocenters. The number of hydrogen-bond acceptors (Lipinski definition) is 3. The number of fused-ring (bicyclic) bond motifs is 1. The molecular weight excluding hydrogens is 322 g/mol. The fourth-order valence-corrected chi connectivity index (χ4v) is 3.97. The number of anilines is 1. The average Bonchev–Trinajstić information content (AvgIpc) is 3.47. The van der Waals surface area contributed by atoms with E-state index in [1.165, 1.54) is 16.5 Å². The van der Waals surface area contributed by atoms with Crippen molar-refractivity contribution in [3.8, 4) is 0 Å². The number of benzene rings is 1. The monoisotopic (exact) mass is 351 g/mol. The Morgan fingerprint density at radius 2 is 1.92 bits per heavy atom. The predicted molar refractivity (Wildman–Crippen MR) is 107 cm³/mol. The van der Waals surface area contributed by atoms with E-state index in [0.29, 0.717) is 17.9 Å². The van der Waals surface area contributed by atoms with Crippen LogP contribution in [0.25, 0.3) is 10.9 Å². The number of aryl methyl sites for hydroxylation is 1. The molecule has 1 amide bonds. The van der Waals surface area contributed by atoms with Crippen LogP contribution < -0.4 is 10.2 Å². The molecular formula is C22H29N3O. The topological polar surface area (TPSA) is 45.2 Å². The van der Waals surface area contributed by atoms with Gasteiger partial charge in [-0.3, -0.25) is 4.79 Å². The van der Waals surface area contributed by atoms with Crippen LogP contribution in [0.2, 0.25) is 0 Å². The van der Waals surface area contributed by atoms with Crippen LogP contribution in [0.4, 0.5) is 5.82 Å². The van der Waals surface area contributed by atoms with Crippen molar-refractivity contribution >= 4 is 22.6 Å². The molecule has 26 heavy (non-hydrogen) atoms. The summed E-state index contributed by atoms with van der Waals surface area (Å²) in [7, 11) is 0. The summed E-state index contributed by atoms with van der Waals surface area (Å²) >= 11 is 0. The summed E-state index contributed by atoms with van der Waals surface area (Å²) in [5.41, 5.74) is 3.75. The number of hydrogen-bond donors (Lipinski definition) is 1. The Bertz CT molecular complexity index is 817. The SMILES string of the molecule is Cc1cc(N2CCC(NC(=O)C3CC3)CC2)nc2c(C(C)C)cccc12. The summed E-state index contributed by atoms with van der Waals surface area (Å²) in [5, 5.41) is 4.49. The molecule has 2 heterocycles. The second kappa shape index (κ2) is 6.90. The van der Waals surface area contributed by atoms with Crippen LogP contribution >= 0.6 is 0 Å². The van der Waals surface area contributed by atoms with Crippen molar-refractivity contribution in [3.63, 3.8) is 0 Å². The van der Waals surface area contributed by atoms with Crippen LogP contribution in [0.3, 0.4) is 0 Å². The molecule has 2 aromatic rings. The average molecular weight is 351 g/mol. The number of para-hydroxylation sites is 1. The Kier molecular flexibility index (Phi) is 4.60. The summed E-state index contributed by atoms with van der Waals surface area (Å²) in [6, 6.07) is 9.05. The van der Waals surface area contributed by atoms with Crippen molar-refractivity contribution in [2.75, 3.05) is 18.0 Å². The summed E-state index contributed by atoms with van der Waals surface area (Å²) in [6.45, 7) is 8.55. The van der Waals surface area contributed by atoms with Gasteiger partial charge in [-0.05, 0) is 55.7 Å². The second-order valence-corrected chi connectivity index (χ2v) is 8.24. The molecule has 2 aliphatic rings. The highest BCUT2D eigenvalue weighted by Crippen LogP contribution is 2.31. The highest BCUT2D eigenvalue weighted by Gasteiger charge is 2.32. The van der Waals surface area contributed by atoms with E-state index in [-0.39, 0.29) is 5.91 Å². The van der Waals surface area contributed by atoms with Gasteiger partial charge in [0.05, 0.1) is 5.52 Å². The number of piperidine rings is 1. The van der Waals surface area contributed by atoms with E-state index >= 15 is 0 Å². The number of aromatic nitrogens is 1. The van der Waals surface area contributed by atoms with Gasteiger partial charge < -0.3 is 10.2 Å². The highest BCUT2D eigenvalue weighted by molar-refractivity contribution is 5.87. The first-order valence-electron chi connectivity index (χ1n) is 9.98. The molecule has 4 nitrogen and oxygen atoms in total. The minimum atomic E-state index is 0.268. The lowest BCUT2D eigenvalue weighted by Gasteiger charge is -2.33. The van der Waals surface area contributed by atoms with E-state index < -0.39 is 0 Å². The van der Waals surface area contributed by atoms with Gasteiger partial charge in [0, 0.05) is 30.4 Å². The quantitative estimate of drug-likeness (QED) is 0.899. The van der Waals surface area contributed by atoms with Gasteiger partial charge in [0.2, 0.25) is 5.91 Å². The van der Waals surface area contributed by atoms with Crippen molar-refractivity contribution in [1.29, 1.82) is 0 Å². The Balaban J connectivity index is 1.52. The van der Waals surface area contributed by atoms with E-state index in [0.717, 1.165) is 50.1 Å². The van der Waals surface area contributed by atoms with Crippen molar-refractivity contribution in [2.45, 2.75) is 58.4 Å². The first-order valence-corrected chi connectivity index (χ1v) is 9.98. The van der Waals surface area contributed by atoms with Gasteiger partial charge in [-0.15, -0.1) is 0 Å². The van der Waals surface area contributed by atoms with Gasteiger partial charge >= 0.3 is 0 Å². The van der Waals surface area contributed by atoms with Gasteiger partial charge in [0.15, 0.2) is 0 Å². The molecule has 0 radical (unpaired) electrons. The normalized spacial score (nSPS) is 18.5. The van der Waals surface area contributed by atoms with Crippen LogP contribution in [-0.2, 0) is 4.79 Å². The molecule has 4 heteroatoms. The van der Waals surface area contributed by atoms with Gasteiger partial charge in [0.25, 0.3) is 0 Å². The molecule has 1 aromatic carbocycles. The third-order valence-corrected chi connectivity index (χ3v) is 5.80. The van der Waals surface area contributed by atoms with Gasteiger partial charge in [-0.25, -0.2) is 4.98 Å². The predicted octanol–water partition coefficient (Wildman–Crippen LogP) is 4.16.